The first-order chi connectivity index (χ1) is 12.4. The summed E-state index contributed by atoms with van der Waals surface area (Å²) in [5.74, 6) is -0.759. The lowest BCUT2D eigenvalue weighted by molar-refractivity contribution is -0.384. The maximum atomic E-state index is 12.2. The summed E-state index contributed by atoms with van der Waals surface area (Å²) in [6.07, 6.45) is 0.440. The zero-order valence-electron chi connectivity index (χ0n) is 13.4. The number of non-ortho nitro benzene ring substituents is 1. The molecule has 2 amide bonds. The standard InChI is InChI=1S/C17H14ClN3O5/c18-13-3-6-15-11(8-13)7-12(9-26-15)17(23)20-19-16(22)10-1-4-14(5-2-10)21(24)25/h1-6,8,12H,7,9H2,(H,19,22)(H,20,23)/t12-/m0/s1. The van der Waals surface area contributed by atoms with E-state index in [1.54, 1.807) is 18.2 Å². The first-order valence-electron chi connectivity index (χ1n) is 7.70. The molecule has 2 N–H and O–H groups in total. The third-order valence-corrected chi connectivity index (χ3v) is 4.17. The molecule has 1 heterocycles. The van der Waals surface area contributed by atoms with E-state index in [9.17, 15) is 19.7 Å². The Morgan fingerprint density at radius 1 is 1.15 bits per heavy atom. The normalized spacial score (nSPS) is 15.3. The molecular weight excluding hydrogens is 362 g/mol. The molecule has 3 rings (SSSR count). The molecule has 9 heteroatoms. The van der Waals surface area contributed by atoms with Crippen molar-refractivity contribution in [1.82, 2.24) is 10.9 Å². The fraction of sp³-hybridized carbons (Fsp3) is 0.176. The Morgan fingerprint density at radius 3 is 2.58 bits per heavy atom. The van der Waals surface area contributed by atoms with E-state index in [0.29, 0.717) is 17.2 Å². The SMILES string of the molecule is O=C(NNC(=O)[C@@H]1COc2ccc(Cl)cc2C1)c1ccc([N+](=O)[O-])cc1. The Hall–Kier alpha value is -3.13. The smallest absolute Gasteiger partial charge is 0.269 e. The van der Waals surface area contributed by atoms with Gasteiger partial charge >= 0.3 is 0 Å². The van der Waals surface area contributed by atoms with Crippen LogP contribution in [0.5, 0.6) is 5.75 Å². The van der Waals surface area contributed by atoms with E-state index in [1.165, 1.54) is 24.3 Å². The first kappa shape index (κ1) is 17.7. The summed E-state index contributed by atoms with van der Waals surface area (Å²) in [4.78, 5) is 34.3. The summed E-state index contributed by atoms with van der Waals surface area (Å²) in [6.45, 7) is 0.188. The van der Waals surface area contributed by atoms with Gasteiger partial charge in [0.15, 0.2) is 0 Å². The number of carbonyl (C=O) groups excluding carboxylic acids is 2. The molecule has 26 heavy (non-hydrogen) atoms. The second-order valence-corrected chi connectivity index (χ2v) is 6.15. The molecule has 1 aliphatic heterocycles. The van der Waals surface area contributed by atoms with Crippen LogP contribution in [-0.4, -0.2) is 23.3 Å². The number of fused-ring (bicyclic) bond motifs is 1. The number of nitrogens with zero attached hydrogens (tertiary/aromatic N) is 1. The number of nitrogens with one attached hydrogen (secondary N) is 2. The third kappa shape index (κ3) is 3.92. The van der Waals surface area contributed by atoms with Crippen LogP contribution in [0.1, 0.15) is 15.9 Å². The average Bonchev–Trinajstić information content (AvgIpc) is 2.65. The highest BCUT2D eigenvalue weighted by Crippen LogP contribution is 2.29. The summed E-state index contributed by atoms with van der Waals surface area (Å²) >= 11 is 5.95. The van der Waals surface area contributed by atoms with Gasteiger partial charge in [-0.05, 0) is 42.3 Å². The van der Waals surface area contributed by atoms with Crippen LogP contribution in [0, 0.1) is 16.0 Å². The van der Waals surface area contributed by atoms with Crippen LogP contribution < -0.4 is 15.6 Å². The van der Waals surface area contributed by atoms with Gasteiger partial charge in [0.2, 0.25) is 5.91 Å². The lowest BCUT2D eigenvalue weighted by atomic mass is 9.96. The molecule has 0 bridgehead atoms. The van der Waals surface area contributed by atoms with Crippen molar-refractivity contribution in [3.05, 3.63) is 68.7 Å². The Morgan fingerprint density at radius 2 is 1.88 bits per heavy atom. The molecule has 8 nitrogen and oxygen atoms in total. The Balaban J connectivity index is 1.57. The molecule has 0 fully saturated rings. The van der Waals surface area contributed by atoms with Crippen molar-refractivity contribution < 1.29 is 19.2 Å². The number of hydrazine groups is 1. The molecule has 1 atom stereocenters. The summed E-state index contributed by atoms with van der Waals surface area (Å²) in [6, 6.07) is 10.3. The number of benzene rings is 2. The minimum atomic E-state index is -0.576. The minimum Gasteiger partial charge on any atom is -0.492 e. The van der Waals surface area contributed by atoms with Gasteiger partial charge in [-0.3, -0.25) is 30.6 Å². The number of amides is 2. The maximum absolute atomic E-state index is 12.2. The van der Waals surface area contributed by atoms with Crippen LogP contribution in [0.2, 0.25) is 5.02 Å². The van der Waals surface area contributed by atoms with Crippen molar-refractivity contribution in [1.29, 1.82) is 0 Å². The van der Waals surface area contributed by atoms with Gasteiger partial charge in [0.05, 0.1) is 10.8 Å². The summed E-state index contributed by atoms with van der Waals surface area (Å²) in [5, 5.41) is 11.2. The number of carbonyl (C=O) groups is 2. The zero-order chi connectivity index (χ0) is 18.7. The first-order valence-corrected chi connectivity index (χ1v) is 8.07. The van der Waals surface area contributed by atoms with Crippen LogP contribution in [0.15, 0.2) is 42.5 Å². The van der Waals surface area contributed by atoms with Crippen molar-refractivity contribution in [2.24, 2.45) is 5.92 Å². The van der Waals surface area contributed by atoms with E-state index < -0.39 is 22.7 Å². The number of hydrogen-bond donors (Lipinski definition) is 2. The summed E-state index contributed by atoms with van der Waals surface area (Å²) in [5.41, 5.74) is 5.53. The molecule has 0 saturated carbocycles. The second-order valence-electron chi connectivity index (χ2n) is 5.71. The lowest BCUT2D eigenvalue weighted by Crippen LogP contribution is -2.47. The Bertz CT molecular complexity index is 869. The van der Waals surface area contributed by atoms with Gasteiger partial charge in [0.25, 0.3) is 11.6 Å². The van der Waals surface area contributed by atoms with E-state index in [-0.39, 0.29) is 17.9 Å². The zero-order valence-corrected chi connectivity index (χ0v) is 14.2. The summed E-state index contributed by atoms with van der Waals surface area (Å²) in [7, 11) is 0. The number of rotatable bonds is 3. The number of hydrogen-bond acceptors (Lipinski definition) is 5. The maximum Gasteiger partial charge on any atom is 0.269 e. The van der Waals surface area contributed by atoms with Crippen LogP contribution in [0.3, 0.4) is 0 Å². The minimum absolute atomic E-state index is 0.123. The van der Waals surface area contributed by atoms with E-state index in [0.717, 1.165) is 5.56 Å². The van der Waals surface area contributed by atoms with Crippen LogP contribution in [-0.2, 0) is 11.2 Å². The van der Waals surface area contributed by atoms with Gasteiger partial charge < -0.3 is 4.74 Å². The van der Waals surface area contributed by atoms with E-state index in [2.05, 4.69) is 10.9 Å². The predicted molar refractivity (Wildman–Crippen MR) is 92.8 cm³/mol. The van der Waals surface area contributed by atoms with Crippen molar-refractivity contribution in [2.45, 2.75) is 6.42 Å². The van der Waals surface area contributed by atoms with E-state index in [1.807, 2.05) is 0 Å². The summed E-state index contributed by atoms with van der Waals surface area (Å²) < 4.78 is 5.54. The molecule has 0 radical (unpaired) electrons. The van der Waals surface area contributed by atoms with E-state index >= 15 is 0 Å². The van der Waals surface area contributed by atoms with Crippen molar-refractivity contribution >= 4 is 29.1 Å². The number of ether oxygens (including phenoxy) is 1. The quantitative estimate of drug-likeness (QED) is 0.631. The van der Waals surface area contributed by atoms with Gasteiger partial charge in [-0.15, -0.1) is 0 Å². The highest BCUT2D eigenvalue weighted by Gasteiger charge is 2.26. The molecule has 0 aromatic heterocycles. The van der Waals surface area contributed by atoms with Crippen LogP contribution >= 0.6 is 11.6 Å². The highest BCUT2D eigenvalue weighted by atomic mass is 35.5. The molecule has 134 valence electrons. The predicted octanol–water partition coefficient (Wildman–Crippen LogP) is 2.26. The van der Waals surface area contributed by atoms with Gasteiger partial charge in [0, 0.05) is 22.7 Å². The molecule has 0 unspecified atom stereocenters. The fourth-order valence-corrected chi connectivity index (χ4v) is 2.75. The number of nitro benzene ring substituents is 1. The molecule has 1 aliphatic rings. The van der Waals surface area contributed by atoms with Gasteiger partial charge in [-0.25, -0.2) is 0 Å². The Kier molecular flexibility index (Phi) is 5.04. The van der Waals surface area contributed by atoms with Gasteiger partial charge in [-0.2, -0.15) is 0 Å². The number of nitro groups is 1. The lowest BCUT2D eigenvalue weighted by Gasteiger charge is -2.24. The third-order valence-electron chi connectivity index (χ3n) is 3.94. The van der Waals surface area contributed by atoms with Crippen molar-refractivity contribution in [3.63, 3.8) is 0 Å². The van der Waals surface area contributed by atoms with Crippen molar-refractivity contribution in [3.8, 4) is 5.75 Å². The van der Waals surface area contributed by atoms with Gasteiger partial charge in [0.1, 0.15) is 12.4 Å². The highest BCUT2D eigenvalue weighted by molar-refractivity contribution is 6.30. The van der Waals surface area contributed by atoms with Crippen molar-refractivity contribution in [2.75, 3.05) is 6.61 Å². The average molecular weight is 376 g/mol. The molecular formula is C17H14ClN3O5. The number of halogens is 1. The Labute approximate surface area is 153 Å². The molecule has 2 aromatic rings. The molecule has 0 spiro atoms. The van der Waals surface area contributed by atoms with Gasteiger partial charge in [-0.1, -0.05) is 11.6 Å². The molecule has 0 saturated heterocycles. The topological polar surface area (TPSA) is 111 Å². The fourth-order valence-electron chi connectivity index (χ4n) is 2.56. The van der Waals surface area contributed by atoms with Crippen LogP contribution in [0.4, 0.5) is 5.69 Å². The second kappa shape index (κ2) is 7.40. The largest absolute Gasteiger partial charge is 0.492 e. The monoisotopic (exact) mass is 375 g/mol. The van der Waals surface area contributed by atoms with E-state index in [4.69, 9.17) is 16.3 Å². The molecule has 2 aromatic carbocycles. The van der Waals surface area contributed by atoms with Crippen LogP contribution in [0.25, 0.3) is 0 Å². The molecule has 0 aliphatic carbocycles.